The fraction of sp³-hybridized carbons (Fsp3) is 0.455. The predicted octanol–water partition coefficient (Wildman–Crippen LogP) is 2.61. The van der Waals surface area contributed by atoms with Crippen LogP contribution < -0.4 is 5.32 Å². The van der Waals surface area contributed by atoms with Crippen molar-refractivity contribution in [2.24, 2.45) is 0 Å². The van der Waals surface area contributed by atoms with Crippen molar-refractivity contribution in [3.8, 4) is 0 Å². The van der Waals surface area contributed by atoms with Gasteiger partial charge in [0.15, 0.2) is 0 Å². The molecule has 1 aliphatic rings. The van der Waals surface area contributed by atoms with Gasteiger partial charge in [0.1, 0.15) is 0 Å². The van der Waals surface area contributed by atoms with Crippen LogP contribution in [0.15, 0.2) is 27.6 Å². The predicted molar refractivity (Wildman–Crippen MR) is 66.4 cm³/mol. The molecule has 0 saturated heterocycles. The molecule has 1 aliphatic heterocycles. The Morgan fingerprint density at radius 1 is 1.53 bits per heavy atom. The van der Waals surface area contributed by atoms with E-state index in [0.29, 0.717) is 0 Å². The summed E-state index contributed by atoms with van der Waals surface area (Å²) in [5.41, 5.74) is 1.18. The van der Waals surface area contributed by atoms with E-state index in [1.54, 1.807) is 0 Å². The number of rotatable bonds is 2. The maximum atomic E-state index is 12.3. The normalized spacial score (nSPS) is 29.1. The molecule has 15 heavy (non-hydrogen) atoms. The van der Waals surface area contributed by atoms with Crippen molar-refractivity contribution >= 4 is 26.7 Å². The minimum Gasteiger partial charge on any atom is -0.312 e. The Balaban J connectivity index is 2.56. The van der Waals surface area contributed by atoms with Gasteiger partial charge in [-0.25, -0.2) is 0 Å². The Kier molecular flexibility index (Phi) is 3.28. The van der Waals surface area contributed by atoms with Crippen LogP contribution in [0, 0.1) is 0 Å². The summed E-state index contributed by atoms with van der Waals surface area (Å²) >= 11 is 3.48. The average molecular weight is 288 g/mol. The highest BCUT2D eigenvalue weighted by Gasteiger charge is 2.37. The van der Waals surface area contributed by atoms with Crippen LogP contribution in [0.5, 0.6) is 0 Å². The van der Waals surface area contributed by atoms with Gasteiger partial charge in [-0.1, -0.05) is 19.1 Å². The van der Waals surface area contributed by atoms with Crippen LogP contribution in [0.4, 0.5) is 0 Å². The van der Waals surface area contributed by atoms with E-state index in [1.165, 1.54) is 5.56 Å². The summed E-state index contributed by atoms with van der Waals surface area (Å²) in [4.78, 5) is 0.976. The number of nitrogens with one attached hydrogen (secondary N) is 1. The second-order valence-corrected chi connectivity index (χ2v) is 6.13. The first-order valence-corrected chi connectivity index (χ1v) is 7.07. The monoisotopic (exact) mass is 287 g/mol. The lowest BCUT2D eigenvalue weighted by Crippen LogP contribution is -2.26. The zero-order valence-corrected chi connectivity index (χ0v) is 11.2. The van der Waals surface area contributed by atoms with Crippen molar-refractivity contribution in [1.29, 1.82) is 0 Å². The van der Waals surface area contributed by atoms with E-state index in [0.717, 1.165) is 15.8 Å². The summed E-state index contributed by atoms with van der Waals surface area (Å²) < 4.78 is 13.2. The fourth-order valence-electron chi connectivity index (χ4n) is 2.19. The van der Waals surface area contributed by atoms with Crippen LogP contribution in [0.2, 0.25) is 0 Å². The van der Waals surface area contributed by atoms with Gasteiger partial charge in [-0.05, 0) is 41.0 Å². The number of fused-ring (bicyclic) bond motifs is 1. The average Bonchev–Trinajstić information content (AvgIpc) is 2.52. The van der Waals surface area contributed by atoms with Gasteiger partial charge in [-0.15, -0.1) is 0 Å². The topological polar surface area (TPSA) is 29.1 Å². The number of benzene rings is 1. The molecule has 4 heteroatoms. The summed E-state index contributed by atoms with van der Waals surface area (Å²) in [7, 11) is 1.04. The van der Waals surface area contributed by atoms with E-state index in [1.807, 2.05) is 19.2 Å². The number of hydrogen-bond donors (Lipinski definition) is 1. The lowest BCUT2D eigenvalue weighted by atomic mass is 10.0. The molecule has 0 spiro atoms. The van der Waals surface area contributed by atoms with Crippen molar-refractivity contribution in [2.75, 3.05) is 7.05 Å². The van der Waals surface area contributed by atoms with E-state index in [4.69, 9.17) is 0 Å². The first kappa shape index (κ1) is 11.3. The second kappa shape index (κ2) is 4.36. The largest absolute Gasteiger partial charge is 0.312 e. The molecule has 0 aromatic heterocycles. The van der Waals surface area contributed by atoms with Gasteiger partial charge in [0, 0.05) is 10.5 Å². The zero-order chi connectivity index (χ0) is 11.0. The minimum absolute atomic E-state index is 0.198. The maximum absolute atomic E-state index is 12.3. The SMILES string of the molecule is CCC1C(NC)c2cccc(Br)c2S1=O. The molecule has 3 unspecified atom stereocenters. The second-order valence-electron chi connectivity index (χ2n) is 3.67. The van der Waals surface area contributed by atoms with E-state index >= 15 is 0 Å². The Hall–Kier alpha value is -0.190. The Morgan fingerprint density at radius 3 is 2.87 bits per heavy atom. The van der Waals surface area contributed by atoms with Crippen molar-refractivity contribution < 1.29 is 4.21 Å². The van der Waals surface area contributed by atoms with Crippen molar-refractivity contribution in [1.82, 2.24) is 5.32 Å². The molecule has 3 atom stereocenters. The quantitative estimate of drug-likeness (QED) is 0.906. The first-order chi connectivity index (χ1) is 7.20. The Morgan fingerprint density at radius 2 is 2.27 bits per heavy atom. The van der Waals surface area contributed by atoms with Crippen LogP contribution in [0.1, 0.15) is 24.9 Å². The fourth-order valence-corrected chi connectivity index (χ4v) is 4.87. The van der Waals surface area contributed by atoms with Crippen LogP contribution >= 0.6 is 15.9 Å². The molecule has 1 heterocycles. The first-order valence-electron chi connectivity index (χ1n) is 5.07. The maximum Gasteiger partial charge on any atom is 0.0595 e. The molecule has 1 aromatic carbocycles. The minimum atomic E-state index is -0.886. The highest BCUT2D eigenvalue weighted by Crippen LogP contribution is 2.41. The molecule has 1 aromatic rings. The van der Waals surface area contributed by atoms with Crippen molar-refractivity contribution in [2.45, 2.75) is 29.5 Å². The molecular weight excluding hydrogens is 274 g/mol. The lowest BCUT2D eigenvalue weighted by molar-refractivity contribution is 0.552. The van der Waals surface area contributed by atoms with Gasteiger partial charge in [-0.3, -0.25) is 4.21 Å². The molecule has 0 saturated carbocycles. The lowest BCUT2D eigenvalue weighted by Gasteiger charge is -2.16. The third-order valence-corrected chi connectivity index (χ3v) is 5.83. The van der Waals surface area contributed by atoms with E-state index < -0.39 is 10.8 Å². The standard InChI is InChI=1S/C11H14BrNOS/c1-3-9-10(13-2)7-5-4-6-8(12)11(7)15(9)14/h4-6,9-10,13H,3H2,1-2H3. The summed E-state index contributed by atoms with van der Waals surface area (Å²) in [5.74, 6) is 0. The van der Waals surface area contributed by atoms with E-state index in [2.05, 4.69) is 34.2 Å². The van der Waals surface area contributed by atoms with Crippen LogP contribution in [0.25, 0.3) is 0 Å². The molecule has 0 bridgehead atoms. The van der Waals surface area contributed by atoms with Crippen LogP contribution in [-0.2, 0) is 10.8 Å². The van der Waals surface area contributed by atoms with Gasteiger partial charge in [0.05, 0.1) is 20.9 Å². The summed E-state index contributed by atoms with van der Waals surface area (Å²) in [5, 5.41) is 3.46. The molecule has 0 fully saturated rings. The Labute approximate surface area is 101 Å². The zero-order valence-electron chi connectivity index (χ0n) is 8.79. The van der Waals surface area contributed by atoms with Gasteiger partial charge in [0.25, 0.3) is 0 Å². The molecule has 2 rings (SSSR count). The van der Waals surface area contributed by atoms with Crippen molar-refractivity contribution in [3.63, 3.8) is 0 Å². The van der Waals surface area contributed by atoms with E-state index in [9.17, 15) is 4.21 Å². The highest BCUT2D eigenvalue weighted by atomic mass is 79.9. The van der Waals surface area contributed by atoms with Gasteiger partial charge in [-0.2, -0.15) is 0 Å². The molecule has 1 N–H and O–H groups in total. The molecule has 0 amide bonds. The number of halogens is 1. The molecule has 0 aliphatic carbocycles. The number of hydrogen-bond acceptors (Lipinski definition) is 2. The molecular formula is C11H14BrNOS. The molecule has 0 radical (unpaired) electrons. The van der Waals surface area contributed by atoms with E-state index in [-0.39, 0.29) is 11.3 Å². The third-order valence-electron chi connectivity index (χ3n) is 2.89. The van der Waals surface area contributed by atoms with Crippen LogP contribution in [0.3, 0.4) is 0 Å². The third kappa shape index (κ3) is 1.69. The smallest absolute Gasteiger partial charge is 0.0595 e. The van der Waals surface area contributed by atoms with Gasteiger partial charge in [0.2, 0.25) is 0 Å². The summed E-state index contributed by atoms with van der Waals surface area (Å²) in [6, 6.07) is 6.25. The van der Waals surface area contributed by atoms with Crippen LogP contribution in [-0.4, -0.2) is 16.5 Å². The van der Waals surface area contributed by atoms with Gasteiger partial charge < -0.3 is 5.32 Å². The molecule has 82 valence electrons. The van der Waals surface area contributed by atoms with Gasteiger partial charge >= 0.3 is 0 Å². The summed E-state index contributed by atoms with van der Waals surface area (Å²) in [6.45, 7) is 2.09. The summed E-state index contributed by atoms with van der Waals surface area (Å²) in [6.07, 6.45) is 0.930. The Bertz CT molecular complexity index is 408. The van der Waals surface area contributed by atoms with Crippen molar-refractivity contribution in [3.05, 3.63) is 28.2 Å². The highest BCUT2D eigenvalue weighted by molar-refractivity contribution is 9.10. The molecule has 2 nitrogen and oxygen atoms in total.